The number of carbonyl (C=O) groups excluding carboxylic acids is 1. The van der Waals surface area contributed by atoms with Crippen LogP contribution in [0.3, 0.4) is 0 Å². The average molecular weight is 221 g/mol. The number of nitrogen functional groups attached to an aromatic ring is 1. The Hall–Kier alpha value is -1.71. The first-order chi connectivity index (χ1) is 7.70. The molecule has 0 unspecified atom stereocenters. The van der Waals surface area contributed by atoms with Gasteiger partial charge in [0, 0.05) is 13.1 Å². The van der Waals surface area contributed by atoms with Crippen LogP contribution in [0.15, 0.2) is 24.3 Å². The van der Waals surface area contributed by atoms with Crippen molar-refractivity contribution in [2.75, 3.05) is 23.7 Å². The van der Waals surface area contributed by atoms with E-state index in [1.807, 2.05) is 32.0 Å². The van der Waals surface area contributed by atoms with Gasteiger partial charge in [-0.15, -0.1) is 0 Å². The molecular formula is C12H19N3O. The second-order valence-electron chi connectivity index (χ2n) is 3.55. The number of para-hydroxylation sites is 2. The maximum atomic E-state index is 11.8. The smallest absolute Gasteiger partial charge is 0.321 e. The van der Waals surface area contributed by atoms with Crippen LogP contribution in [0.25, 0.3) is 0 Å². The first kappa shape index (κ1) is 12.4. The Labute approximate surface area is 96.4 Å². The minimum atomic E-state index is -0.0951. The molecule has 0 bridgehead atoms. The number of rotatable bonds is 4. The van der Waals surface area contributed by atoms with Gasteiger partial charge in [-0.2, -0.15) is 0 Å². The summed E-state index contributed by atoms with van der Waals surface area (Å²) < 4.78 is 0. The zero-order chi connectivity index (χ0) is 12.0. The van der Waals surface area contributed by atoms with E-state index in [0.717, 1.165) is 12.1 Å². The zero-order valence-electron chi connectivity index (χ0n) is 9.86. The van der Waals surface area contributed by atoms with Crippen molar-refractivity contribution in [3.63, 3.8) is 0 Å². The third-order valence-corrected chi connectivity index (χ3v) is 2.25. The molecule has 0 aliphatic heterocycles. The van der Waals surface area contributed by atoms with Crippen LogP contribution in [0.5, 0.6) is 0 Å². The maximum absolute atomic E-state index is 11.8. The summed E-state index contributed by atoms with van der Waals surface area (Å²) in [5.74, 6) is 0. The molecule has 4 heteroatoms. The van der Waals surface area contributed by atoms with E-state index in [1.54, 1.807) is 11.0 Å². The van der Waals surface area contributed by atoms with Gasteiger partial charge in [-0.05, 0) is 25.5 Å². The van der Waals surface area contributed by atoms with Gasteiger partial charge in [-0.3, -0.25) is 4.90 Å². The van der Waals surface area contributed by atoms with E-state index in [1.165, 1.54) is 0 Å². The van der Waals surface area contributed by atoms with Crippen molar-refractivity contribution in [3.8, 4) is 0 Å². The Morgan fingerprint density at radius 3 is 2.62 bits per heavy atom. The number of hydrogen-bond acceptors (Lipinski definition) is 2. The third kappa shape index (κ3) is 2.89. The summed E-state index contributed by atoms with van der Waals surface area (Å²) in [6, 6.07) is 7.31. The molecule has 0 atom stereocenters. The van der Waals surface area contributed by atoms with Gasteiger partial charge in [0.05, 0.1) is 11.4 Å². The average Bonchev–Trinajstić information content (AvgIpc) is 2.27. The predicted octanol–water partition coefficient (Wildman–Crippen LogP) is 2.21. The molecule has 0 heterocycles. The first-order valence-electron chi connectivity index (χ1n) is 5.60. The number of nitrogens with two attached hydrogens (primary N) is 1. The Kier molecular flexibility index (Phi) is 4.64. The molecule has 16 heavy (non-hydrogen) atoms. The van der Waals surface area contributed by atoms with Gasteiger partial charge >= 0.3 is 6.03 Å². The maximum Gasteiger partial charge on any atom is 0.321 e. The monoisotopic (exact) mass is 221 g/mol. The fourth-order valence-electron chi connectivity index (χ4n) is 1.53. The number of benzene rings is 1. The molecule has 0 saturated carbocycles. The molecule has 0 spiro atoms. The lowest BCUT2D eigenvalue weighted by Gasteiger charge is -2.23. The van der Waals surface area contributed by atoms with E-state index >= 15 is 0 Å². The van der Waals surface area contributed by atoms with Gasteiger partial charge in [0.25, 0.3) is 0 Å². The van der Waals surface area contributed by atoms with E-state index in [9.17, 15) is 4.79 Å². The molecule has 0 aliphatic carbocycles. The summed E-state index contributed by atoms with van der Waals surface area (Å²) in [5, 5.41) is 2.79. The fraction of sp³-hybridized carbons (Fsp3) is 0.417. The molecule has 0 aromatic heterocycles. The zero-order valence-corrected chi connectivity index (χ0v) is 9.86. The van der Waals surface area contributed by atoms with Crippen LogP contribution < -0.4 is 16.0 Å². The van der Waals surface area contributed by atoms with Crippen LogP contribution in [0.1, 0.15) is 20.3 Å². The van der Waals surface area contributed by atoms with Crippen molar-refractivity contribution in [3.05, 3.63) is 24.3 Å². The van der Waals surface area contributed by atoms with E-state index in [4.69, 9.17) is 5.73 Å². The fourth-order valence-corrected chi connectivity index (χ4v) is 1.53. The largest absolute Gasteiger partial charge is 0.397 e. The molecule has 1 rings (SSSR count). The highest BCUT2D eigenvalue weighted by atomic mass is 16.2. The van der Waals surface area contributed by atoms with Crippen molar-refractivity contribution < 1.29 is 4.79 Å². The summed E-state index contributed by atoms with van der Waals surface area (Å²) in [7, 11) is 0. The third-order valence-electron chi connectivity index (χ3n) is 2.25. The van der Waals surface area contributed by atoms with Gasteiger partial charge < -0.3 is 11.1 Å². The van der Waals surface area contributed by atoms with Gasteiger partial charge in [0.2, 0.25) is 0 Å². The molecule has 0 aliphatic rings. The Morgan fingerprint density at radius 1 is 1.38 bits per heavy atom. The molecule has 2 amide bonds. The summed E-state index contributed by atoms with van der Waals surface area (Å²) >= 11 is 0. The molecule has 0 fully saturated rings. The Morgan fingerprint density at radius 2 is 2.06 bits per heavy atom. The van der Waals surface area contributed by atoms with Crippen molar-refractivity contribution in [2.24, 2.45) is 0 Å². The molecule has 0 radical (unpaired) electrons. The van der Waals surface area contributed by atoms with Gasteiger partial charge in [0.15, 0.2) is 0 Å². The van der Waals surface area contributed by atoms with E-state index in [2.05, 4.69) is 5.32 Å². The number of hydrogen-bond donors (Lipinski definition) is 2. The van der Waals surface area contributed by atoms with Gasteiger partial charge in [-0.25, -0.2) is 4.79 Å². The SMILES string of the molecule is CCCN(C(=O)NCC)c1ccccc1N. The highest BCUT2D eigenvalue weighted by molar-refractivity contribution is 5.95. The number of carbonyl (C=O) groups is 1. The summed E-state index contributed by atoms with van der Waals surface area (Å²) in [4.78, 5) is 13.5. The van der Waals surface area contributed by atoms with Crippen LogP contribution in [-0.2, 0) is 0 Å². The van der Waals surface area contributed by atoms with Crippen molar-refractivity contribution >= 4 is 17.4 Å². The highest BCUT2D eigenvalue weighted by Gasteiger charge is 2.15. The number of anilines is 2. The Balaban J connectivity index is 2.93. The summed E-state index contributed by atoms with van der Waals surface area (Å²) in [5.41, 5.74) is 7.26. The molecule has 3 N–H and O–H groups in total. The molecule has 4 nitrogen and oxygen atoms in total. The van der Waals surface area contributed by atoms with Crippen LogP contribution >= 0.6 is 0 Å². The lowest BCUT2D eigenvalue weighted by molar-refractivity contribution is 0.247. The number of nitrogens with zero attached hydrogens (tertiary/aromatic N) is 1. The lowest BCUT2D eigenvalue weighted by Crippen LogP contribution is -2.40. The minimum absolute atomic E-state index is 0.0951. The second-order valence-corrected chi connectivity index (χ2v) is 3.55. The Bertz CT molecular complexity index is 352. The molecule has 88 valence electrons. The second kappa shape index (κ2) is 6.00. The van der Waals surface area contributed by atoms with Crippen molar-refractivity contribution in [2.45, 2.75) is 20.3 Å². The number of nitrogens with one attached hydrogen (secondary N) is 1. The quantitative estimate of drug-likeness (QED) is 0.766. The topological polar surface area (TPSA) is 58.4 Å². The van der Waals surface area contributed by atoms with Crippen LogP contribution in [-0.4, -0.2) is 19.1 Å². The van der Waals surface area contributed by atoms with Crippen LogP contribution in [0.2, 0.25) is 0 Å². The first-order valence-corrected chi connectivity index (χ1v) is 5.60. The molecule has 1 aromatic rings. The minimum Gasteiger partial charge on any atom is -0.397 e. The highest BCUT2D eigenvalue weighted by Crippen LogP contribution is 2.22. The lowest BCUT2D eigenvalue weighted by atomic mass is 10.2. The summed E-state index contributed by atoms with van der Waals surface area (Å²) in [6.07, 6.45) is 0.894. The predicted molar refractivity (Wildman–Crippen MR) is 67.6 cm³/mol. The van der Waals surface area contributed by atoms with Crippen LogP contribution in [0, 0.1) is 0 Å². The normalized spacial score (nSPS) is 9.88. The van der Waals surface area contributed by atoms with Crippen molar-refractivity contribution in [1.29, 1.82) is 0 Å². The van der Waals surface area contributed by atoms with Gasteiger partial charge in [-0.1, -0.05) is 19.1 Å². The number of amides is 2. The number of urea groups is 1. The van der Waals surface area contributed by atoms with E-state index in [-0.39, 0.29) is 6.03 Å². The van der Waals surface area contributed by atoms with Crippen molar-refractivity contribution in [1.82, 2.24) is 5.32 Å². The van der Waals surface area contributed by atoms with Gasteiger partial charge in [0.1, 0.15) is 0 Å². The van der Waals surface area contributed by atoms with Crippen LogP contribution in [0.4, 0.5) is 16.2 Å². The van der Waals surface area contributed by atoms with E-state index < -0.39 is 0 Å². The molecule has 1 aromatic carbocycles. The molecular weight excluding hydrogens is 202 g/mol. The van der Waals surface area contributed by atoms with E-state index in [0.29, 0.717) is 18.8 Å². The molecule has 0 saturated heterocycles. The summed E-state index contributed by atoms with van der Waals surface area (Å²) in [6.45, 7) is 5.22. The standard InChI is InChI=1S/C12H19N3O/c1-3-9-15(12(16)14-4-2)11-8-6-5-7-10(11)13/h5-8H,3-4,9,13H2,1-2H3,(H,14,16).